The predicted molar refractivity (Wildman–Crippen MR) is 79.7 cm³/mol. The van der Waals surface area contributed by atoms with Gasteiger partial charge in [0.1, 0.15) is 6.61 Å². The van der Waals surface area contributed by atoms with Gasteiger partial charge in [-0.1, -0.05) is 12.8 Å². The molecule has 20 heavy (non-hydrogen) atoms. The molecular formula is C15H29N3O2. The number of rotatable bonds is 7. The van der Waals surface area contributed by atoms with Gasteiger partial charge < -0.3 is 19.9 Å². The summed E-state index contributed by atoms with van der Waals surface area (Å²) >= 11 is 0. The maximum absolute atomic E-state index is 12.5. The fourth-order valence-electron chi connectivity index (χ4n) is 2.93. The first kappa shape index (κ1) is 15.7. The number of ether oxygens (including phenoxy) is 1. The van der Waals surface area contributed by atoms with Crippen LogP contribution in [0.2, 0.25) is 0 Å². The van der Waals surface area contributed by atoms with E-state index in [1.165, 1.54) is 12.8 Å². The average Bonchev–Trinajstić information content (AvgIpc) is 2.87. The SMILES string of the molecule is CN(C)CCN(C(=O)COC1(C)CNC1)C1CCCC1. The average molecular weight is 283 g/mol. The highest BCUT2D eigenvalue weighted by Crippen LogP contribution is 2.24. The van der Waals surface area contributed by atoms with Crippen LogP contribution in [-0.2, 0) is 9.53 Å². The van der Waals surface area contributed by atoms with E-state index in [2.05, 4.69) is 36.1 Å². The minimum Gasteiger partial charge on any atom is -0.363 e. The van der Waals surface area contributed by atoms with Crippen LogP contribution < -0.4 is 5.32 Å². The van der Waals surface area contributed by atoms with Gasteiger partial charge in [0.15, 0.2) is 0 Å². The lowest BCUT2D eigenvalue weighted by Gasteiger charge is -2.39. The highest BCUT2D eigenvalue weighted by molar-refractivity contribution is 5.78. The molecule has 1 saturated carbocycles. The normalized spacial score (nSPS) is 22.0. The summed E-state index contributed by atoms with van der Waals surface area (Å²) in [6.07, 6.45) is 4.80. The predicted octanol–water partition coefficient (Wildman–Crippen LogP) is 0.698. The van der Waals surface area contributed by atoms with E-state index in [0.717, 1.165) is 39.0 Å². The fraction of sp³-hybridized carbons (Fsp3) is 0.933. The van der Waals surface area contributed by atoms with E-state index in [9.17, 15) is 4.79 Å². The Kier molecular flexibility index (Phi) is 5.41. The minimum atomic E-state index is -0.140. The summed E-state index contributed by atoms with van der Waals surface area (Å²) in [5, 5.41) is 3.19. The molecule has 1 aliphatic heterocycles. The summed E-state index contributed by atoms with van der Waals surface area (Å²) in [5.74, 6) is 0.159. The molecule has 1 N–H and O–H groups in total. The molecule has 0 aromatic rings. The van der Waals surface area contributed by atoms with Crippen LogP contribution in [0.15, 0.2) is 0 Å². The van der Waals surface area contributed by atoms with Gasteiger partial charge >= 0.3 is 0 Å². The van der Waals surface area contributed by atoms with E-state index in [1.807, 2.05) is 0 Å². The number of carbonyl (C=O) groups excluding carboxylic acids is 1. The second kappa shape index (κ2) is 6.87. The molecule has 1 heterocycles. The Morgan fingerprint density at radius 1 is 1.25 bits per heavy atom. The van der Waals surface area contributed by atoms with Gasteiger partial charge in [-0.2, -0.15) is 0 Å². The number of nitrogens with zero attached hydrogens (tertiary/aromatic N) is 2. The zero-order chi connectivity index (χ0) is 14.6. The maximum atomic E-state index is 12.5. The Bertz CT molecular complexity index is 323. The largest absolute Gasteiger partial charge is 0.363 e. The number of carbonyl (C=O) groups is 1. The standard InChI is InChI=1S/C15H29N3O2/c1-15(11-16-12-15)20-10-14(19)18(9-8-17(2)3)13-6-4-5-7-13/h13,16H,4-12H2,1-3H3. The van der Waals surface area contributed by atoms with Crippen molar-refractivity contribution in [2.75, 3.05) is 46.9 Å². The van der Waals surface area contributed by atoms with Gasteiger partial charge in [-0.3, -0.25) is 4.79 Å². The van der Waals surface area contributed by atoms with Crippen molar-refractivity contribution in [3.8, 4) is 0 Å². The first-order valence-electron chi connectivity index (χ1n) is 7.79. The minimum absolute atomic E-state index is 0.140. The van der Waals surface area contributed by atoms with Gasteiger partial charge in [-0.15, -0.1) is 0 Å². The molecule has 0 unspecified atom stereocenters. The third-order valence-corrected chi connectivity index (χ3v) is 4.42. The third-order valence-electron chi connectivity index (χ3n) is 4.42. The molecule has 0 atom stereocenters. The fourth-order valence-corrected chi connectivity index (χ4v) is 2.93. The van der Waals surface area contributed by atoms with Crippen LogP contribution in [-0.4, -0.2) is 74.2 Å². The van der Waals surface area contributed by atoms with Crippen molar-refractivity contribution in [3.63, 3.8) is 0 Å². The van der Waals surface area contributed by atoms with Crippen molar-refractivity contribution in [1.82, 2.24) is 15.1 Å². The summed E-state index contributed by atoms with van der Waals surface area (Å²) in [5.41, 5.74) is -0.140. The Morgan fingerprint density at radius 3 is 2.40 bits per heavy atom. The third kappa shape index (κ3) is 4.17. The van der Waals surface area contributed by atoms with Crippen LogP contribution in [0.3, 0.4) is 0 Å². The molecule has 1 saturated heterocycles. The van der Waals surface area contributed by atoms with Crippen LogP contribution in [0.5, 0.6) is 0 Å². The van der Waals surface area contributed by atoms with Crippen LogP contribution in [0, 0.1) is 0 Å². The van der Waals surface area contributed by atoms with E-state index in [0.29, 0.717) is 6.04 Å². The Morgan fingerprint density at radius 2 is 1.90 bits per heavy atom. The summed E-state index contributed by atoms with van der Waals surface area (Å²) in [7, 11) is 4.10. The van der Waals surface area contributed by atoms with Crippen molar-refractivity contribution < 1.29 is 9.53 Å². The number of nitrogens with one attached hydrogen (secondary N) is 1. The van der Waals surface area contributed by atoms with Gasteiger partial charge in [0, 0.05) is 32.2 Å². The highest BCUT2D eigenvalue weighted by atomic mass is 16.5. The number of amides is 1. The lowest BCUT2D eigenvalue weighted by molar-refractivity contribution is -0.148. The molecule has 0 radical (unpaired) electrons. The zero-order valence-corrected chi connectivity index (χ0v) is 13.2. The zero-order valence-electron chi connectivity index (χ0n) is 13.2. The molecule has 2 fully saturated rings. The van der Waals surface area contributed by atoms with E-state index >= 15 is 0 Å². The summed E-state index contributed by atoms with van der Waals surface area (Å²) in [6.45, 7) is 5.72. The molecule has 116 valence electrons. The quantitative estimate of drug-likeness (QED) is 0.747. The molecular weight excluding hydrogens is 254 g/mol. The van der Waals surface area contributed by atoms with Gasteiger partial charge in [-0.05, 0) is 33.9 Å². The second-order valence-electron chi connectivity index (χ2n) is 6.67. The number of likely N-dealkylation sites (N-methyl/N-ethyl adjacent to an activating group) is 1. The van der Waals surface area contributed by atoms with Crippen LogP contribution >= 0.6 is 0 Å². The topological polar surface area (TPSA) is 44.8 Å². The molecule has 0 aromatic heterocycles. The van der Waals surface area contributed by atoms with Gasteiger partial charge in [0.25, 0.3) is 0 Å². The monoisotopic (exact) mass is 283 g/mol. The highest BCUT2D eigenvalue weighted by Gasteiger charge is 2.34. The molecule has 2 rings (SSSR count). The van der Waals surface area contributed by atoms with Crippen LogP contribution in [0.25, 0.3) is 0 Å². The summed E-state index contributed by atoms with van der Waals surface area (Å²) in [6, 6.07) is 0.429. The molecule has 2 aliphatic rings. The van der Waals surface area contributed by atoms with Crippen molar-refractivity contribution in [2.24, 2.45) is 0 Å². The summed E-state index contributed by atoms with van der Waals surface area (Å²) in [4.78, 5) is 16.7. The lowest BCUT2D eigenvalue weighted by Crippen LogP contribution is -2.60. The number of hydrogen-bond acceptors (Lipinski definition) is 4. The van der Waals surface area contributed by atoms with E-state index in [-0.39, 0.29) is 18.1 Å². The molecule has 0 spiro atoms. The first-order chi connectivity index (χ1) is 9.50. The molecule has 5 nitrogen and oxygen atoms in total. The first-order valence-corrected chi connectivity index (χ1v) is 7.79. The van der Waals surface area contributed by atoms with Crippen molar-refractivity contribution in [2.45, 2.75) is 44.2 Å². The smallest absolute Gasteiger partial charge is 0.248 e. The Balaban J connectivity index is 1.85. The maximum Gasteiger partial charge on any atom is 0.248 e. The van der Waals surface area contributed by atoms with Gasteiger partial charge in [0.2, 0.25) is 5.91 Å². The van der Waals surface area contributed by atoms with Crippen molar-refractivity contribution >= 4 is 5.91 Å². The van der Waals surface area contributed by atoms with Gasteiger partial charge in [-0.25, -0.2) is 0 Å². The Hall–Kier alpha value is -0.650. The van der Waals surface area contributed by atoms with Crippen molar-refractivity contribution in [1.29, 1.82) is 0 Å². The lowest BCUT2D eigenvalue weighted by atomic mass is 10.0. The van der Waals surface area contributed by atoms with Crippen LogP contribution in [0.4, 0.5) is 0 Å². The molecule has 1 amide bonds. The Labute approximate surface area is 122 Å². The molecule has 0 aromatic carbocycles. The summed E-state index contributed by atoms with van der Waals surface area (Å²) < 4.78 is 5.81. The van der Waals surface area contributed by atoms with Crippen LogP contribution in [0.1, 0.15) is 32.6 Å². The van der Waals surface area contributed by atoms with E-state index < -0.39 is 0 Å². The number of hydrogen-bond donors (Lipinski definition) is 1. The van der Waals surface area contributed by atoms with Gasteiger partial charge in [0.05, 0.1) is 5.60 Å². The molecule has 5 heteroatoms. The van der Waals surface area contributed by atoms with E-state index in [4.69, 9.17) is 4.74 Å². The van der Waals surface area contributed by atoms with E-state index in [1.54, 1.807) is 0 Å². The van der Waals surface area contributed by atoms with Crippen molar-refractivity contribution in [3.05, 3.63) is 0 Å². The molecule has 0 bridgehead atoms. The second-order valence-corrected chi connectivity index (χ2v) is 6.67. The molecule has 1 aliphatic carbocycles.